The fraction of sp³-hybridized carbons (Fsp3) is 0.577. The number of aromatic nitrogens is 2. The van der Waals surface area contributed by atoms with E-state index in [1.807, 2.05) is 23.1 Å². The third kappa shape index (κ3) is 7.45. The summed E-state index contributed by atoms with van der Waals surface area (Å²) < 4.78 is 11.5. The molecule has 2 fully saturated rings. The number of pyridine rings is 2. The van der Waals surface area contributed by atoms with Crippen molar-refractivity contribution in [3.05, 3.63) is 30.6 Å². The molecule has 2 aliphatic rings. The van der Waals surface area contributed by atoms with Gasteiger partial charge in [-0.1, -0.05) is 0 Å². The van der Waals surface area contributed by atoms with Crippen molar-refractivity contribution in [2.75, 3.05) is 63.6 Å². The number of likely N-dealkylation sites (tertiary alicyclic amines) is 2. The molecule has 2 aromatic heterocycles. The number of carbonyl (C=O) groups is 1. The minimum Gasteiger partial charge on any atom is -0.491 e. The van der Waals surface area contributed by atoms with Crippen LogP contribution in [0.5, 0.6) is 11.5 Å². The number of anilines is 3. The molecule has 1 amide bonds. The predicted molar refractivity (Wildman–Crippen MR) is 138 cm³/mol. The van der Waals surface area contributed by atoms with Crippen molar-refractivity contribution in [2.24, 2.45) is 5.92 Å². The lowest BCUT2D eigenvalue weighted by molar-refractivity contribution is -0.130. The first-order chi connectivity index (χ1) is 17.1. The Labute approximate surface area is 208 Å². The lowest BCUT2D eigenvalue weighted by atomic mass is 9.97. The van der Waals surface area contributed by atoms with Crippen LogP contribution in [0.3, 0.4) is 0 Å². The molecule has 0 aromatic carbocycles. The van der Waals surface area contributed by atoms with Crippen LogP contribution in [0.15, 0.2) is 30.6 Å². The lowest BCUT2D eigenvalue weighted by Crippen LogP contribution is -2.38. The summed E-state index contributed by atoms with van der Waals surface area (Å²) in [6, 6.07) is 5.78. The second-order valence-corrected chi connectivity index (χ2v) is 9.36. The number of carbonyl (C=O) groups excluding carboxylic acids is 1. The first-order valence-corrected chi connectivity index (χ1v) is 12.7. The van der Waals surface area contributed by atoms with E-state index in [4.69, 9.17) is 9.47 Å². The van der Waals surface area contributed by atoms with Crippen LogP contribution in [0.4, 0.5) is 17.3 Å². The average Bonchev–Trinajstić information content (AvgIpc) is 3.40. The number of hydrogen-bond donors (Lipinski definition) is 2. The first-order valence-electron chi connectivity index (χ1n) is 12.7. The lowest BCUT2D eigenvalue weighted by Gasteiger charge is -2.31. The summed E-state index contributed by atoms with van der Waals surface area (Å²) in [7, 11) is 1.63. The topological polar surface area (TPSA) is 91.8 Å². The molecule has 2 aromatic rings. The molecule has 4 rings (SSSR count). The quantitative estimate of drug-likeness (QED) is 0.468. The van der Waals surface area contributed by atoms with E-state index in [1.54, 1.807) is 26.4 Å². The molecule has 0 aliphatic carbocycles. The van der Waals surface area contributed by atoms with Gasteiger partial charge in [-0.15, -0.1) is 0 Å². The van der Waals surface area contributed by atoms with Gasteiger partial charge in [-0.05, 0) is 57.2 Å². The minimum atomic E-state index is 0.166. The van der Waals surface area contributed by atoms with Gasteiger partial charge in [-0.25, -0.2) is 9.97 Å². The summed E-state index contributed by atoms with van der Waals surface area (Å²) in [5, 5.41) is 6.80. The van der Waals surface area contributed by atoms with Crippen molar-refractivity contribution in [2.45, 2.75) is 39.0 Å². The molecule has 9 heteroatoms. The molecule has 190 valence electrons. The zero-order valence-electron chi connectivity index (χ0n) is 21.0. The van der Waals surface area contributed by atoms with Crippen molar-refractivity contribution < 1.29 is 14.3 Å². The van der Waals surface area contributed by atoms with Gasteiger partial charge >= 0.3 is 0 Å². The molecular formula is C26H38N6O3. The number of hydrogen-bond acceptors (Lipinski definition) is 8. The maximum Gasteiger partial charge on any atom is 0.219 e. The van der Waals surface area contributed by atoms with E-state index >= 15 is 0 Å². The van der Waals surface area contributed by atoms with Crippen molar-refractivity contribution in [3.63, 3.8) is 0 Å². The van der Waals surface area contributed by atoms with Crippen LogP contribution in [-0.2, 0) is 4.79 Å². The monoisotopic (exact) mass is 482 g/mol. The number of piperidine rings is 1. The Morgan fingerprint density at radius 3 is 2.63 bits per heavy atom. The number of amides is 1. The van der Waals surface area contributed by atoms with Gasteiger partial charge < -0.3 is 29.9 Å². The van der Waals surface area contributed by atoms with E-state index in [0.717, 1.165) is 56.9 Å². The van der Waals surface area contributed by atoms with Crippen LogP contribution in [0.1, 0.15) is 39.0 Å². The summed E-state index contributed by atoms with van der Waals surface area (Å²) in [4.78, 5) is 24.9. The molecule has 2 N–H and O–H groups in total. The Balaban J connectivity index is 1.28. The minimum absolute atomic E-state index is 0.166. The van der Waals surface area contributed by atoms with Gasteiger partial charge in [0.1, 0.15) is 11.6 Å². The molecule has 0 unspecified atom stereocenters. The molecule has 0 spiro atoms. The normalized spacial score (nSPS) is 16.8. The number of ether oxygens (including phenoxy) is 2. The molecule has 0 atom stereocenters. The Bertz CT molecular complexity index is 958. The first kappa shape index (κ1) is 25.0. The van der Waals surface area contributed by atoms with Gasteiger partial charge in [0.25, 0.3) is 0 Å². The molecule has 4 heterocycles. The summed E-state index contributed by atoms with van der Waals surface area (Å²) in [6.45, 7) is 8.28. The standard InChI is InChI=1S/C26H38N6O3/c1-20(33)32-13-7-21(8-14-32)18-28-25-16-22(6-9-27-25)30-26-17-23(24(34-2)19-29-26)35-15-5-12-31-10-3-4-11-31/h6,9,16-17,19,21H,3-5,7-8,10-15,18H2,1-2H3,(H2,27,28,29,30). The van der Waals surface area contributed by atoms with Crippen molar-refractivity contribution in [1.82, 2.24) is 19.8 Å². The molecule has 9 nitrogen and oxygen atoms in total. The van der Waals surface area contributed by atoms with Crippen molar-refractivity contribution in [1.29, 1.82) is 0 Å². The van der Waals surface area contributed by atoms with Crippen molar-refractivity contribution >= 4 is 23.2 Å². The number of rotatable bonds is 11. The SMILES string of the molecule is COc1cnc(Nc2ccnc(NCC3CCN(C(C)=O)CC3)c2)cc1OCCCN1CCCC1. The van der Waals surface area contributed by atoms with Gasteiger partial charge in [-0.2, -0.15) is 0 Å². The number of nitrogens with zero attached hydrogens (tertiary/aromatic N) is 4. The third-order valence-electron chi connectivity index (χ3n) is 6.79. The van der Waals surface area contributed by atoms with Crippen LogP contribution in [0.2, 0.25) is 0 Å². The van der Waals surface area contributed by atoms with Gasteiger partial charge in [0, 0.05) is 57.1 Å². The molecule has 35 heavy (non-hydrogen) atoms. The van der Waals surface area contributed by atoms with E-state index < -0.39 is 0 Å². The van der Waals surface area contributed by atoms with E-state index in [-0.39, 0.29) is 5.91 Å². The fourth-order valence-electron chi connectivity index (χ4n) is 4.69. The number of nitrogens with one attached hydrogen (secondary N) is 2. The van der Waals surface area contributed by atoms with Gasteiger partial charge in [-0.3, -0.25) is 4.79 Å². The highest BCUT2D eigenvalue weighted by Gasteiger charge is 2.20. The summed E-state index contributed by atoms with van der Waals surface area (Å²) in [5.74, 6) is 3.53. The zero-order chi connectivity index (χ0) is 24.5. The van der Waals surface area contributed by atoms with Gasteiger partial charge in [0.2, 0.25) is 5.91 Å². The molecule has 2 aliphatic heterocycles. The second kappa shape index (κ2) is 12.6. The molecule has 0 radical (unpaired) electrons. The van der Waals surface area contributed by atoms with Gasteiger partial charge in [0.15, 0.2) is 11.5 Å². The van der Waals surface area contributed by atoms with Crippen LogP contribution in [0, 0.1) is 5.92 Å². The van der Waals surface area contributed by atoms with E-state index in [9.17, 15) is 4.79 Å². The predicted octanol–water partition coefficient (Wildman–Crippen LogP) is 3.76. The van der Waals surface area contributed by atoms with Crippen LogP contribution in [0.25, 0.3) is 0 Å². The second-order valence-electron chi connectivity index (χ2n) is 9.36. The summed E-state index contributed by atoms with van der Waals surface area (Å²) in [6.07, 6.45) is 9.10. The Morgan fingerprint density at radius 1 is 1.09 bits per heavy atom. The molecule has 2 saturated heterocycles. The zero-order valence-corrected chi connectivity index (χ0v) is 21.0. The molecular weight excluding hydrogens is 444 g/mol. The highest BCUT2D eigenvalue weighted by molar-refractivity contribution is 5.73. The highest BCUT2D eigenvalue weighted by Crippen LogP contribution is 2.30. The van der Waals surface area contributed by atoms with E-state index in [0.29, 0.717) is 29.8 Å². The molecule has 0 saturated carbocycles. The van der Waals surface area contributed by atoms with Crippen LogP contribution >= 0.6 is 0 Å². The number of methoxy groups -OCH3 is 1. The molecule has 0 bridgehead atoms. The van der Waals surface area contributed by atoms with Crippen LogP contribution < -0.4 is 20.1 Å². The Morgan fingerprint density at radius 2 is 1.89 bits per heavy atom. The average molecular weight is 483 g/mol. The van der Waals surface area contributed by atoms with Gasteiger partial charge in [0.05, 0.1) is 19.9 Å². The smallest absolute Gasteiger partial charge is 0.219 e. The highest BCUT2D eigenvalue weighted by atomic mass is 16.5. The van der Waals surface area contributed by atoms with E-state index in [1.165, 1.54) is 25.9 Å². The third-order valence-corrected chi connectivity index (χ3v) is 6.79. The maximum atomic E-state index is 11.5. The Kier molecular flexibility index (Phi) is 9.00. The summed E-state index contributed by atoms with van der Waals surface area (Å²) >= 11 is 0. The largest absolute Gasteiger partial charge is 0.491 e. The summed E-state index contributed by atoms with van der Waals surface area (Å²) in [5.41, 5.74) is 0.895. The maximum absolute atomic E-state index is 11.5. The van der Waals surface area contributed by atoms with E-state index in [2.05, 4.69) is 25.5 Å². The van der Waals surface area contributed by atoms with Crippen LogP contribution in [-0.4, -0.2) is 78.7 Å². The van der Waals surface area contributed by atoms with Crippen molar-refractivity contribution in [3.8, 4) is 11.5 Å². The fourth-order valence-corrected chi connectivity index (χ4v) is 4.69. The Hall–Kier alpha value is -3.07.